The summed E-state index contributed by atoms with van der Waals surface area (Å²) in [7, 11) is 0. The minimum atomic E-state index is -0.349. The van der Waals surface area contributed by atoms with E-state index in [1.165, 1.54) is 0 Å². The standard InChI is InChI=1S/C25H23N5O3/c31-23(12-6-11-22-29-21-10-5-4-9-20(21)24(32)30-22)26-18-13-15-19(16-14-18)28-25(33)27-17-7-2-1-3-8-17/h1-5,7-10,13-16H,6,11-12H2,(H,26,31)(H2,27,28,33)(H,29,30,32). The number of amides is 3. The molecule has 166 valence electrons. The van der Waals surface area contributed by atoms with Crippen molar-refractivity contribution in [3.05, 3.63) is 95.0 Å². The van der Waals surface area contributed by atoms with E-state index >= 15 is 0 Å². The van der Waals surface area contributed by atoms with Crippen LogP contribution in [0, 0.1) is 0 Å². The Labute approximate surface area is 190 Å². The van der Waals surface area contributed by atoms with Gasteiger partial charge in [0, 0.05) is 29.9 Å². The van der Waals surface area contributed by atoms with E-state index in [0.717, 1.165) is 0 Å². The van der Waals surface area contributed by atoms with Crippen molar-refractivity contribution in [3.63, 3.8) is 0 Å². The average molecular weight is 441 g/mol. The van der Waals surface area contributed by atoms with E-state index in [0.29, 0.717) is 46.6 Å². The zero-order valence-electron chi connectivity index (χ0n) is 17.8. The van der Waals surface area contributed by atoms with Gasteiger partial charge in [0.2, 0.25) is 5.91 Å². The fourth-order valence-electron chi connectivity index (χ4n) is 3.34. The van der Waals surface area contributed by atoms with Crippen LogP contribution in [0.15, 0.2) is 83.7 Å². The molecule has 4 rings (SSSR count). The summed E-state index contributed by atoms with van der Waals surface area (Å²) in [6, 6.07) is 22.8. The molecule has 0 aliphatic rings. The van der Waals surface area contributed by atoms with Crippen LogP contribution >= 0.6 is 0 Å². The number of carbonyl (C=O) groups excluding carboxylic acids is 2. The maximum atomic E-state index is 12.3. The number of aromatic nitrogens is 2. The second-order valence-electron chi connectivity index (χ2n) is 7.45. The van der Waals surface area contributed by atoms with Crippen molar-refractivity contribution < 1.29 is 9.59 Å². The predicted octanol–water partition coefficient (Wildman–Crippen LogP) is 4.53. The third-order valence-electron chi connectivity index (χ3n) is 4.94. The molecule has 4 N–H and O–H groups in total. The highest BCUT2D eigenvalue weighted by Crippen LogP contribution is 2.15. The van der Waals surface area contributed by atoms with Crippen LogP contribution in [0.4, 0.5) is 21.9 Å². The minimum absolute atomic E-state index is 0.138. The van der Waals surface area contributed by atoms with Gasteiger partial charge in [0.25, 0.3) is 5.56 Å². The Bertz CT molecular complexity index is 1320. The van der Waals surface area contributed by atoms with Gasteiger partial charge in [-0.25, -0.2) is 9.78 Å². The number of rotatable bonds is 7. The number of anilines is 3. The van der Waals surface area contributed by atoms with E-state index in [1.54, 1.807) is 54.6 Å². The SMILES string of the molecule is O=C(CCCc1nc2ccccc2c(=O)[nH]1)Nc1ccc(NC(=O)Nc2ccccc2)cc1. The first-order valence-electron chi connectivity index (χ1n) is 10.6. The molecule has 0 bridgehead atoms. The second kappa shape index (κ2) is 10.2. The van der Waals surface area contributed by atoms with Gasteiger partial charge in [0.05, 0.1) is 10.9 Å². The van der Waals surface area contributed by atoms with Crippen molar-refractivity contribution in [1.29, 1.82) is 0 Å². The average Bonchev–Trinajstić information content (AvgIpc) is 2.81. The Morgan fingerprint density at radius 1 is 0.758 bits per heavy atom. The van der Waals surface area contributed by atoms with Crippen LogP contribution in [0.5, 0.6) is 0 Å². The lowest BCUT2D eigenvalue weighted by atomic mass is 10.2. The van der Waals surface area contributed by atoms with Gasteiger partial charge in [-0.3, -0.25) is 9.59 Å². The molecule has 8 nitrogen and oxygen atoms in total. The van der Waals surface area contributed by atoms with Crippen LogP contribution in [0.2, 0.25) is 0 Å². The number of aromatic amines is 1. The fraction of sp³-hybridized carbons (Fsp3) is 0.120. The lowest BCUT2D eigenvalue weighted by Gasteiger charge is -2.09. The highest BCUT2D eigenvalue weighted by molar-refractivity contribution is 6.00. The van der Waals surface area contributed by atoms with E-state index in [-0.39, 0.29) is 23.9 Å². The Hall–Kier alpha value is -4.46. The summed E-state index contributed by atoms with van der Waals surface area (Å²) in [6.07, 6.45) is 1.33. The molecule has 1 heterocycles. The number of nitrogens with one attached hydrogen (secondary N) is 4. The second-order valence-corrected chi connectivity index (χ2v) is 7.45. The highest BCUT2D eigenvalue weighted by Gasteiger charge is 2.07. The predicted molar refractivity (Wildman–Crippen MR) is 129 cm³/mol. The summed E-state index contributed by atoms with van der Waals surface area (Å²) in [6.45, 7) is 0. The van der Waals surface area contributed by atoms with Crippen LogP contribution in [-0.4, -0.2) is 21.9 Å². The molecular formula is C25H23N5O3. The molecular weight excluding hydrogens is 418 g/mol. The molecule has 4 aromatic rings. The molecule has 0 radical (unpaired) electrons. The fourth-order valence-corrected chi connectivity index (χ4v) is 3.34. The molecule has 1 aromatic heterocycles. The summed E-state index contributed by atoms with van der Waals surface area (Å²) in [4.78, 5) is 43.7. The van der Waals surface area contributed by atoms with Crippen molar-refractivity contribution in [2.24, 2.45) is 0 Å². The quantitative estimate of drug-likeness (QED) is 0.337. The number of aryl methyl sites for hydroxylation is 1. The zero-order chi connectivity index (χ0) is 23.0. The number of fused-ring (bicyclic) bond motifs is 1. The first kappa shape index (κ1) is 21.8. The number of carbonyl (C=O) groups is 2. The Morgan fingerprint density at radius 2 is 1.36 bits per heavy atom. The van der Waals surface area contributed by atoms with Gasteiger partial charge in [-0.1, -0.05) is 30.3 Å². The maximum Gasteiger partial charge on any atom is 0.323 e. The van der Waals surface area contributed by atoms with Crippen LogP contribution < -0.4 is 21.5 Å². The van der Waals surface area contributed by atoms with E-state index in [2.05, 4.69) is 25.9 Å². The smallest absolute Gasteiger partial charge is 0.323 e. The first-order valence-corrected chi connectivity index (χ1v) is 10.6. The van der Waals surface area contributed by atoms with Gasteiger partial charge in [-0.15, -0.1) is 0 Å². The first-order chi connectivity index (χ1) is 16.1. The molecule has 0 spiro atoms. The molecule has 3 amide bonds. The molecule has 0 aliphatic carbocycles. The number of nitrogens with zero attached hydrogens (tertiary/aromatic N) is 1. The monoisotopic (exact) mass is 441 g/mol. The van der Waals surface area contributed by atoms with Crippen LogP contribution in [-0.2, 0) is 11.2 Å². The van der Waals surface area contributed by atoms with Gasteiger partial charge in [-0.05, 0) is 55.0 Å². The molecule has 0 unspecified atom stereocenters. The molecule has 0 fully saturated rings. The number of benzene rings is 3. The largest absolute Gasteiger partial charge is 0.326 e. The Kier molecular flexibility index (Phi) is 6.75. The molecule has 0 atom stereocenters. The summed E-state index contributed by atoms with van der Waals surface area (Å²) < 4.78 is 0. The van der Waals surface area contributed by atoms with Crippen molar-refractivity contribution in [1.82, 2.24) is 9.97 Å². The van der Waals surface area contributed by atoms with E-state index in [1.807, 2.05) is 24.3 Å². The summed E-state index contributed by atoms with van der Waals surface area (Å²) in [5.41, 5.74) is 2.40. The molecule has 3 aromatic carbocycles. The number of H-pyrrole nitrogens is 1. The van der Waals surface area contributed by atoms with Crippen molar-refractivity contribution in [3.8, 4) is 0 Å². The third-order valence-corrected chi connectivity index (χ3v) is 4.94. The topological polar surface area (TPSA) is 116 Å². The van der Waals surface area contributed by atoms with Crippen molar-refractivity contribution in [2.75, 3.05) is 16.0 Å². The number of urea groups is 1. The third kappa shape index (κ3) is 6.04. The number of hydrogen-bond donors (Lipinski definition) is 4. The van der Waals surface area contributed by atoms with E-state index in [4.69, 9.17) is 0 Å². The van der Waals surface area contributed by atoms with Gasteiger partial charge in [0.15, 0.2) is 0 Å². The molecule has 0 aliphatic heterocycles. The number of hydrogen-bond acceptors (Lipinski definition) is 4. The summed E-state index contributed by atoms with van der Waals surface area (Å²) in [5.74, 6) is 0.427. The maximum absolute atomic E-state index is 12.3. The van der Waals surface area contributed by atoms with Crippen LogP contribution in [0.3, 0.4) is 0 Å². The van der Waals surface area contributed by atoms with Gasteiger partial charge < -0.3 is 20.9 Å². The highest BCUT2D eigenvalue weighted by atomic mass is 16.2. The van der Waals surface area contributed by atoms with Gasteiger partial charge in [-0.2, -0.15) is 0 Å². The van der Waals surface area contributed by atoms with Crippen molar-refractivity contribution in [2.45, 2.75) is 19.3 Å². The van der Waals surface area contributed by atoms with E-state index < -0.39 is 0 Å². The molecule has 33 heavy (non-hydrogen) atoms. The summed E-state index contributed by atoms with van der Waals surface area (Å²) >= 11 is 0. The molecule has 0 saturated heterocycles. The van der Waals surface area contributed by atoms with Crippen LogP contribution in [0.25, 0.3) is 10.9 Å². The lowest BCUT2D eigenvalue weighted by molar-refractivity contribution is -0.116. The minimum Gasteiger partial charge on any atom is -0.326 e. The van der Waals surface area contributed by atoms with E-state index in [9.17, 15) is 14.4 Å². The number of para-hydroxylation sites is 2. The summed E-state index contributed by atoms with van der Waals surface area (Å²) in [5, 5.41) is 8.86. The molecule has 8 heteroatoms. The molecule has 0 saturated carbocycles. The zero-order valence-corrected chi connectivity index (χ0v) is 17.8. The normalized spacial score (nSPS) is 10.5. The van der Waals surface area contributed by atoms with Crippen molar-refractivity contribution >= 4 is 39.9 Å². The Morgan fingerprint density at radius 3 is 2.09 bits per heavy atom. The van der Waals surface area contributed by atoms with Gasteiger partial charge in [0.1, 0.15) is 5.82 Å². The lowest BCUT2D eigenvalue weighted by Crippen LogP contribution is -2.19. The van der Waals surface area contributed by atoms with Gasteiger partial charge >= 0.3 is 6.03 Å². The van der Waals surface area contributed by atoms with Crippen LogP contribution in [0.1, 0.15) is 18.7 Å². The Balaban J connectivity index is 1.24.